The minimum absolute atomic E-state index is 0.224. The molecular weight excluding hydrogens is 331 g/mol. The average molecular weight is 344 g/mol. The first-order chi connectivity index (χ1) is 9.52. The summed E-state index contributed by atoms with van der Waals surface area (Å²) in [7, 11) is 1.69. The maximum absolute atomic E-state index is 13.7. The first kappa shape index (κ1) is 15.1. The fourth-order valence-electron chi connectivity index (χ4n) is 2.08. The van der Waals surface area contributed by atoms with Crippen LogP contribution in [0.5, 0.6) is 0 Å². The highest BCUT2D eigenvalue weighted by Crippen LogP contribution is 2.28. The fraction of sp³-hybridized carbons (Fsp3) is 0.200. The van der Waals surface area contributed by atoms with Gasteiger partial charge < -0.3 is 5.32 Å². The minimum Gasteiger partial charge on any atom is -0.313 e. The number of hydrogen-bond donors (Lipinski definition) is 1. The van der Waals surface area contributed by atoms with Crippen molar-refractivity contribution in [3.05, 3.63) is 69.4 Å². The van der Waals surface area contributed by atoms with Crippen LogP contribution in [0.3, 0.4) is 0 Å². The summed E-state index contributed by atoms with van der Waals surface area (Å²) in [4.78, 5) is 0. The van der Waals surface area contributed by atoms with Crippen LogP contribution in [0.15, 0.2) is 40.9 Å². The van der Waals surface area contributed by atoms with Crippen molar-refractivity contribution in [2.24, 2.45) is 0 Å². The van der Waals surface area contributed by atoms with E-state index in [1.165, 1.54) is 6.07 Å². The molecule has 0 aliphatic heterocycles. The first-order valence-corrected chi connectivity index (χ1v) is 6.87. The molecule has 2 aromatic rings. The second kappa shape index (κ2) is 6.41. The van der Waals surface area contributed by atoms with E-state index in [0.29, 0.717) is 10.0 Å². The average Bonchev–Trinajstić information content (AvgIpc) is 2.43. The first-order valence-electron chi connectivity index (χ1n) is 6.08. The van der Waals surface area contributed by atoms with E-state index in [1.807, 2.05) is 0 Å². The molecule has 1 nitrogen and oxygen atoms in total. The maximum atomic E-state index is 13.7. The van der Waals surface area contributed by atoms with Crippen LogP contribution in [0.25, 0.3) is 0 Å². The molecule has 20 heavy (non-hydrogen) atoms. The minimum atomic E-state index is -0.491. The summed E-state index contributed by atoms with van der Waals surface area (Å²) in [5.74, 6) is -1.35. The van der Waals surface area contributed by atoms with E-state index in [0.717, 1.165) is 18.2 Å². The number of benzene rings is 2. The third kappa shape index (κ3) is 3.22. The summed E-state index contributed by atoms with van der Waals surface area (Å²) in [5, 5.41) is 3.00. The lowest BCUT2D eigenvalue weighted by Gasteiger charge is -2.19. The van der Waals surface area contributed by atoms with E-state index in [2.05, 4.69) is 21.2 Å². The largest absolute Gasteiger partial charge is 0.313 e. The van der Waals surface area contributed by atoms with Crippen molar-refractivity contribution in [3.63, 3.8) is 0 Å². The molecule has 0 aliphatic rings. The molecule has 0 aromatic heterocycles. The quantitative estimate of drug-likeness (QED) is 0.869. The predicted octanol–water partition coefficient (Wildman–Crippen LogP) is 4.37. The zero-order chi connectivity index (χ0) is 14.7. The van der Waals surface area contributed by atoms with Gasteiger partial charge in [-0.25, -0.2) is 13.2 Å². The van der Waals surface area contributed by atoms with Crippen molar-refractivity contribution in [3.8, 4) is 0 Å². The molecule has 106 valence electrons. The molecule has 1 unspecified atom stereocenters. The molecule has 0 saturated carbocycles. The summed E-state index contributed by atoms with van der Waals surface area (Å²) in [6.07, 6.45) is 0.224. The monoisotopic (exact) mass is 343 g/mol. The number of hydrogen-bond acceptors (Lipinski definition) is 1. The topological polar surface area (TPSA) is 12.0 Å². The van der Waals surface area contributed by atoms with Gasteiger partial charge in [-0.05, 0) is 64.8 Å². The molecule has 0 bridgehead atoms. The Labute approximate surface area is 123 Å². The Morgan fingerprint density at radius 2 is 1.85 bits per heavy atom. The Morgan fingerprint density at radius 1 is 1.10 bits per heavy atom. The fourth-order valence-corrected chi connectivity index (χ4v) is 2.62. The molecule has 1 N–H and O–H groups in total. The van der Waals surface area contributed by atoms with Crippen LogP contribution in [0.2, 0.25) is 0 Å². The highest BCUT2D eigenvalue weighted by Gasteiger charge is 2.17. The van der Waals surface area contributed by atoms with Crippen molar-refractivity contribution in [1.82, 2.24) is 5.32 Å². The van der Waals surface area contributed by atoms with E-state index in [4.69, 9.17) is 0 Å². The normalized spacial score (nSPS) is 12.4. The lowest BCUT2D eigenvalue weighted by atomic mass is 9.98. The highest BCUT2D eigenvalue weighted by molar-refractivity contribution is 9.10. The van der Waals surface area contributed by atoms with Crippen LogP contribution in [-0.4, -0.2) is 7.05 Å². The second-order valence-electron chi connectivity index (χ2n) is 4.42. The van der Waals surface area contributed by atoms with Gasteiger partial charge in [0.1, 0.15) is 17.5 Å². The predicted molar refractivity (Wildman–Crippen MR) is 76.0 cm³/mol. The van der Waals surface area contributed by atoms with Gasteiger partial charge in [0.25, 0.3) is 0 Å². The Morgan fingerprint density at radius 3 is 2.55 bits per heavy atom. The van der Waals surface area contributed by atoms with Gasteiger partial charge in [0.2, 0.25) is 0 Å². The molecule has 0 heterocycles. The zero-order valence-corrected chi connectivity index (χ0v) is 12.3. The van der Waals surface area contributed by atoms with Crippen molar-refractivity contribution >= 4 is 15.9 Å². The van der Waals surface area contributed by atoms with Gasteiger partial charge in [-0.3, -0.25) is 0 Å². The second-order valence-corrected chi connectivity index (χ2v) is 5.22. The molecule has 0 radical (unpaired) electrons. The molecule has 1 atom stereocenters. The Kier molecular flexibility index (Phi) is 4.83. The maximum Gasteiger partial charge on any atom is 0.137 e. The summed E-state index contributed by atoms with van der Waals surface area (Å²) >= 11 is 3.19. The van der Waals surface area contributed by atoms with Gasteiger partial charge in [-0.15, -0.1) is 0 Å². The third-order valence-electron chi connectivity index (χ3n) is 3.14. The van der Waals surface area contributed by atoms with E-state index in [1.54, 1.807) is 19.2 Å². The Bertz CT molecular complexity index is 616. The van der Waals surface area contributed by atoms with Crippen molar-refractivity contribution in [1.29, 1.82) is 0 Å². The van der Waals surface area contributed by atoms with E-state index in [-0.39, 0.29) is 23.8 Å². The van der Waals surface area contributed by atoms with E-state index >= 15 is 0 Å². The van der Waals surface area contributed by atoms with E-state index < -0.39 is 11.6 Å². The van der Waals surface area contributed by atoms with Gasteiger partial charge in [-0.1, -0.05) is 12.1 Å². The molecule has 0 amide bonds. The van der Waals surface area contributed by atoms with Gasteiger partial charge in [0, 0.05) is 6.04 Å². The summed E-state index contributed by atoms with van der Waals surface area (Å²) in [6.45, 7) is 0. The summed E-state index contributed by atoms with van der Waals surface area (Å²) in [5.41, 5.74) is 0.914. The van der Waals surface area contributed by atoms with Crippen molar-refractivity contribution < 1.29 is 13.2 Å². The van der Waals surface area contributed by atoms with Crippen LogP contribution in [0.1, 0.15) is 17.2 Å². The third-order valence-corrected chi connectivity index (χ3v) is 3.97. The number of rotatable bonds is 4. The van der Waals surface area contributed by atoms with Gasteiger partial charge >= 0.3 is 0 Å². The van der Waals surface area contributed by atoms with Crippen LogP contribution >= 0.6 is 15.9 Å². The van der Waals surface area contributed by atoms with Crippen LogP contribution in [0, 0.1) is 17.5 Å². The number of likely N-dealkylation sites (N-methyl/N-ethyl adjacent to an activating group) is 1. The summed E-state index contributed by atoms with van der Waals surface area (Å²) < 4.78 is 40.8. The molecular formula is C15H13BrF3N. The van der Waals surface area contributed by atoms with Crippen LogP contribution in [0.4, 0.5) is 13.2 Å². The van der Waals surface area contributed by atoms with Crippen molar-refractivity contribution in [2.75, 3.05) is 7.05 Å². The molecule has 5 heteroatoms. The SMILES string of the molecule is CNC(Cc1cc(F)ccc1F)c1cccc(F)c1Br. The molecule has 0 aliphatic carbocycles. The Hall–Kier alpha value is -1.33. The van der Waals surface area contributed by atoms with Crippen molar-refractivity contribution in [2.45, 2.75) is 12.5 Å². The molecule has 2 rings (SSSR count). The number of nitrogens with one attached hydrogen (secondary N) is 1. The van der Waals surface area contributed by atoms with Crippen LogP contribution in [-0.2, 0) is 6.42 Å². The molecule has 2 aromatic carbocycles. The smallest absolute Gasteiger partial charge is 0.137 e. The molecule has 0 spiro atoms. The van der Waals surface area contributed by atoms with Gasteiger partial charge in [0.05, 0.1) is 4.47 Å². The molecule has 0 saturated heterocycles. The zero-order valence-electron chi connectivity index (χ0n) is 10.8. The van der Waals surface area contributed by atoms with Gasteiger partial charge in [0.15, 0.2) is 0 Å². The summed E-state index contributed by atoms with van der Waals surface area (Å²) in [6, 6.07) is 7.67. The lowest BCUT2D eigenvalue weighted by molar-refractivity contribution is 0.537. The lowest BCUT2D eigenvalue weighted by Crippen LogP contribution is -2.20. The van der Waals surface area contributed by atoms with Gasteiger partial charge in [-0.2, -0.15) is 0 Å². The van der Waals surface area contributed by atoms with E-state index in [9.17, 15) is 13.2 Å². The standard InChI is InChI=1S/C15H13BrF3N/c1-20-14(11-3-2-4-13(19)15(11)16)8-9-7-10(17)5-6-12(9)18/h2-7,14,20H,8H2,1H3. The number of halogens is 4. The highest BCUT2D eigenvalue weighted by atomic mass is 79.9. The van der Waals surface area contributed by atoms with Crippen LogP contribution < -0.4 is 5.32 Å². The Balaban J connectivity index is 2.34. The molecule has 0 fully saturated rings.